The first-order chi connectivity index (χ1) is 12.6. The maximum absolute atomic E-state index is 13.2. The Morgan fingerprint density at radius 2 is 1.81 bits per heavy atom. The van der Waals surface area contributed by atoms with E-state index in [0.29, 0.717) is 24.0 Å². The smallest absolute Gasteiger partial charge is 0.252 e. The Morgan fingerprint density at radius 1 is 1.08 bits per heavy atom. The lowest BCUT2D eigenvalue weighted by molar-refractivity contribution is 0.0925. The van der Waals surface area contributed by atoms with E-state index in [0.717, 1.165) is 40.6 Å². The number of fused-ring (bicyclic) bond motifs is 3. The highest BCUT2D eigenvalue weighted by Gasteiger charge is 2.34. The normalized spacial score (nSPS) is 27.7. The summed E-state index contributed by atoms with van der Waals surface area (Å²) in [7, 11) is 0. The topological polar surface area (TPSA) is 54.0 Å². The monoisotopic (exact) mass is 349 g/mol. The van der Waals surface area contributed by atoms with Gasteiger partial charge in [-0.3, -0.25) is 9.78 Å². The third kappa shape index (κ3) is 2.90. The Morgan fingerprint density at radius 3 is 2.50 bits per heavy atom. The minimum atomic E-state index is 0.0793. The van der Waals surface area contributed by atoms with Crippen LogP contribution in [0.2, 0.25) is 0 Å². The first-order valence-corrected chi connectivity index (χ1v) is 10.1. The zero-order valence-electron chi connectivity index (χ0n) is 15.6. The van der Waals surface area contributed by atoms with Crippen LogP contribution in [0.5, 0.6) is 0 Å². The molecule has 5 rings (SSSR count). The number of carbonyl (C=O) groups excluding carboxylic acids is 1. The maximum Gasteiger partial charge on any atom is 0.252 e. The van der Waals surface area contributed by atoms with E-state index in [1.54, 1.807) is 0 Å². The number of amides is 1. The van der Waals surface area contributed by atoms with Crippen LogP contribution in [0.4, 0.5) is 0 Å². The predicted octanol–water partition coefficient (Wildman–Crippen LogP) is 3.74. The molecule has 2 aliphatic heterocycles. The first kappa shape index (κ1) is 16.2. The van der Waals surface area contributed by atoms with Crippen LogP contribution >= 0.6 is 0 Å². The summed E-state index contributed by atoms with van der Waals surface area (Å²) >= 11 is 0. The number of pyridine rings is 1. The van der Waals surface area contributed by atoms with Crippen molar-refractivity contribution in [3.63, 3.8) is 0 Å². The molecular weight excluding hydrogens is 322 g/mol. The number of rotatable bonds is 3. The van der Waals surface area contributed by atoms with E-state index in [1.165, 1.54) is 31.2 Å². The van der Waals surface area contributed by atoms with Crippen LogP contribution < -0.4 is 10.6 Å². The molecule has 1 amide bonds. The van der Waals surface area contributed by atoms with Gasteiger partial charge in [0.1, 0.15) is 0 Å². The van der Waals surface area contributed by atoms with E-state index < -0.39 is 0 Å². The molecule has 2 saturated heterocycles. The van der Waals surface area contributed by atoms with E-state index in [1.807, 2.05) is 0 Å². The molecule has 1 aromatic carbocycles. The third-order valence-electron chi connectivity index (χ3n) is 6.32. The van der Waals surface area contributed by atoms with Gasteiger partial charge in [0.15, 0.2) is 0 Å². The second-order valence-corrected chi connectivity index (χ2v) is 8.63. The SMILES string of the molecule is Cc1cc(C)c2nc(C3CC3)cc(C(=O)NC3CC4CCC(C3)N4)c2c1. The average Bonchev–Trinajstić information content (AvgIpc) is 3.39. The van der Waals surface area contributed by atoms with E-state index in [9.17, 15) is 4.79 Å². The van der Waals surface area contributed by atoms with Crippen molar-refractivity contribution in [1.82, 2.24) is 15.6 Å². The molecule has 3 aliphatic rings. The number of benzene rings is 1. The second-order valence-electron chi connectivity index (χ2n) is 8.63. The van der Waals surface area contributed by atoms with Crippen LogP contribution in [0.25, 0.3) is 10.9 Å². The first-order valence-electron chi connectivity index (χ1n) is 10.1. The van der Waals surface area contributed by atoms with Crippen molar-refractivity contribution >= 4 is 16.8 Å². The van der Waals surface area contributed by atoms with Gasteiger partial charge in [0.2, 0.25) is 0 Å². The fraction of sp³-hybridized carbons (Fsp3) is 0.545. The lowest BCUT2D eigenvalue weighted by Gasteiger charge is -2.29. The Labute approximate surface area is 154 Å². The summed E-state index contributed by atoms with van der Waals surface area (Å²) in [6, 6.07) is 7.80. The number of nitrogens with zero attached hydrogens (tertiary/aromatic N) is 1. The van der Waals surface area contributed by atoms with Gasteiger partial charge in [-0.15, -0.1) is 0 Å². The largest absolute Gasteiger partial charge is 0.349 e. The summed E-state index contributed by atoms with van der Waals surface area (Å²) in [6.45, 7) is 4.19. The molecule has 4 nitrogen and oxygen atoms in total. The highest BCUT2D eigenvalue weighted by Crippen LogP contribution is 2.40. The van der Waals surface area contributed by atoms with Crippen molar-refractivity contribution in [3.8, 4) is 0 Å². The molecule has 1 aliphatic carbocycles. The van der Waals surface area contributed by atoms with Crippen LogP contribution in [-0.2, 0) is 0 Å². The summed E-state index contributed by atoms with van der Waals surface area (Å²) in [6.07, 6.45) is 7.00. The van der Waals surface area contributed by atoms with Crippen molar-refractivity contribution in [1.29, 1.82) is 0 Å². The second kappa shape index (κ2) is 6.05. The highest BCUT2D eigenvalue weighted by molar-refractivity contribution is 6.07. The van der Waals surface area contributed by atoms with Gasteiger partial charge >= 0.3 is 0 Å². The van der Waals surface area contributed by atoms with E-state index in [2.05, 4.69) is 42.7 Å². The van der Waals surface area contributed by atoms with Gasteiger partial charge in [0.25, 0.3) is 5.91 Å². The molecule has 26 heavy (non-hydrogen) atoms. The molecule has 2 aromatic rings. The quantitative estimate of drug-likeness (QED) is 0.887. The standard InChI is InChI=1S/C22H27N3O/c1-12-7-13(2)21-18(8-12)19(11-20(25-21)14-3-4-14)22(26)24-17-9-15-5-6-16(10-17)23-15/h7-8,11,14-17,23H,3-6,9-10H2,1-2H3,(H,24,26). The van der Waals surface area contributed by atoms with E-state index >= 15 is 0 Å². The molecule has 2 N–H and O–H groups in total. The molecule has 2 bridgehead atoms. The van der Waals surface area contributed by atoms with Crippen molar-refractivity contribution in [2.75, 3.05) is 0 Å². The molecule has 1 aromatic heterocycles. The lowest BCUT2D eigenvalue weighted by Crippen LogP contribution is -2.48. The van der Waals surface area contributed by atoms with Gasteiger partial charge < -0.3 is 10.6 Å². The van der Waals surface area contributed by atoms with Gasteiger partial charge in [-0.1, -0.05) is 11.6 Å². The molecule has 2 unspecified atom stereocenters. The summed E-state index contributed by atoms with van der Waals surface area (Å²) in [5.41, 5.74) is 5.26. The summed E-state index contributed by atoms with van der Waals surface area (Å²) < 4.78 is 0. The molecule has 136 valence electrons. The van der Waals surface area contributed by atoms with Crippen molar-refractivity contribution in [2.45, 2.75) is 76.4 Å². The fourth-order valence-corrected chi connectivity index (χ4v) is 4.92. The molecule has 3 fully saturated rings. The van der Waals surface area contributed by atoms with Crippen molar-refractivity contribution < 1.29 is 4.79 Å². The van der Waals surface area contributed by atoms with Crippen molar-refractivity contribution in [3.05, 3.63) is 40.6 Å². The number of aromatic nitrogens is 1. The number of aryl methyl sites for hydroxylation is 2. The minimum Gasteiger partial charge on any atom is -0.349 e. The molecular formula is C22H27N3O. The average molecular weight is 349 g/mol. The summed E-state index contributed by atoms with van der Waals surface area (Å²) in [5, 5.41) is 8.00. The van der Waals surface area contributed by atoms with Crippen molar-refractivity contribution in [2.24, 2.45) is 0 Å². The number of nitrogens with one attached hydrogen (secondary N) is 2. The Balaban J connectivity index is 1.51. The zero-order chi connectivity index (χ0) is 17.8. The van der Waals surface area contributed by atoms with Gasteiger partial charge in [0.05, 0.1) is 11.1 Å². The molecule has 0 spiro atoms. The molecule has 4 heteroatoms. The molecule has 3 heterocycles. The van der Waals surface area contributed by atoms with Gasteiger partial charge in [-0.05, 0) is 70.1 Å². The Kier molecular flexibility index (Phi) is 3.78. The van der Waals surface area contributed by atoms with Gasteiger partial charge in [-0.2, -0.15) is 0 Å². The number of hydrogen-bond donors (Lipinski definition) is 2. The minimum absolute atomic E-state index is 0.0793. The summed E-state index contributed by atoms with van der Waals surface area (Å²) in [5.74, 6) is 0.622. The number of carbonyl (C=O) groups is 1. The Bertz CT molecular complexity index is 875. The third-order valence-corrected chi connectivity index (χ3v) is 6.32. The van der Waals surface area contributed by atoms with Crippen LogP contribution in [0, 0.1) is 13.8 Å². The van der Waals surface area contributed by atoms with Crippen LogP contribution in [0.15, 0.2) is 18.2 Å². The molecule has 0 radical (unpaired) electrons. The molecule has 2 atom stereocenters. The van der Waals surface area contributed by atoms with E-state index in [4.69, 9.17) is 4.98 Å². The predicted molar refractivity (Wildman–Crippen MR) is 104 cm³/mol. The van der Waals surface area contributed by atoms with Gasteiger partial charge in [0, 0.05) is 35.1 Å². The maximum atomic E-state index is 13.2. The van der Waals surface area contributed by atoms with Crippen LogP contribution in [-0.4, -0.2) is 29.0 Å². The van der Waals surface area contributed by atoms with E-state index in [-0.39, 0.29) is 5.91 Å². The zero-order valence-corrected chi connectivity index (χ0v) is 15.6. The van der Waals surface area contributed by atoms with Gasteiger partial charge in [-0.25, -0.2) is 0 Å². The summed E-state index contributed by atoms with van der Waals surface area (Å²) in [4.78, 5) is 18.1. The fourth-order valence-electron chi connectivity index (χ4n) is 4.92. The number of hydrogen-bond acceptors (Lipinski definition) is 3. The van der Waals surface area contributed by atoms with Crippen LogP contribution in [0.3, 0.4) is 0 Å². The lowest BCUT2D eigenvalue weighted by atomic mass is 9.97. The van der Waals surface area contributed by atoms with Crippen LogP contribution in [0.1, 0.15) is 71.6 Å². The molecule has 1 saturated carbocycles. The Hall–Kier alpha value is -1.94. The number of piperidine rings is 1. The highest BCUT2D eigenvalue weighted by atomic mass is 16.1.